The molecule has 0 aliphatic heterocycles. The van der Waals surface area contributed by atoms with Crippen molar-refractivity contribution in [1.82, 2.24) is 4.57 Å². The summed E-state index contributed by atoms with van der Waals surface area (Å²) in [5.41, 5.74) is 0.626. The van der Waals surface area contributed by atoms with Gasteiger partial charge in [-0.2, -0.15) is 4.99 Å². The van der Waals surface area contributed by atoms with Gasteiger partial charge in [-0.15, -0.1) is 0 Å². The molecule has 0 aliphatic carbocycles. The minimum atomic E-state index is -3.48. The lowest BCUT2D eigenvalue weighted by Crippen LogP contribution is -2.22. The number of amides is 1. The predicted molar refractivity (Wildman–Crippen MR) is 123 cm³/mol. The molecule has 176 valence electrons. The van der Waals surface area contributed by atoms with E-state index in [9.17, 15) is 18.0 Å². The molecule has 0 spiro atoms. The lowest BCUT2D eigenvalue weighted by Gasteiger charge is -2.09. The van der Waals surface area contributed by atoms with E-state index in [0.717, 1.165) is 4.70 Å². The highest BCUT2D eigenvalue weighted by Crippen LogP contribution is 2.33. The molecule has 11 heteroatoms. The number of fused-ring (bicyclic) bond motifs is 1. The van der Waals surface area contributed by atoms with Crippen molar-refractivity contribution in [2.45, 2.75) is 24.3 Å². The zero-order valence-electron chi connectivity index (χ0n) is 18.4. The zero-order chi connectivity index (χ0) is 24.0. The van der Waals surface area contributed by atoms with Gasteiger partial charge in [0.05, 0.1) is 42.2 Å². The van der Waals surface area contributed by atoms with E-state index in [1.807, 2.05) is 0 Å². The molecule has 1 amide bonds. The fourth-order valence-corrected chi connectivity index (χ4v) is 5.54. The summed E-state index contributed by atoms with van der Waals surface area (Å²) in [5.74, 6) is -0.193. The van der Waals surface area contributed by atoms with E-state index in [-0.39, 0.29) is 30.0 Å². The summed E-state index contributed by atoms with van der Waals surface area (Å²) in [5, 5.41) is 0. The predicted octanol–water partition coefficient (Wildman–Crippen LogP) is 2.57. The molecule has 1 heterocycles. The van der Waals surface area contributed by atoms with Gasteiger partial charge in [-0.05, 0) is 18.6 Å². The van der Waals surface area contributed by atoms with E-state index >= 15 is 0 Å². The number of aromatic nitrogens is 1. The summed E-state index contributed by atoms with van der Waals surface area (Å²) >= 11 is 1.20. The summed E-state index contributed by atoms with van der Waals surface area (Å²) in [6.07, 6.45) is 0.0777. The third kappa shape index (κ3) is 5.79. The van der Waals surface area contributed by atoms with Crippen LogP contribution in [0.15, 0.2) is 52.4 Å². The van der Waals surface area contributed by atoms with Crippen LogP contribution in [-0.2, 0) is 30.7 Å². The number of carbonyl (C=O) groups excluding carboxylic acids is 2. The van der Waals surface area contributed by atoms with Crippen LogP contribution in [0, 0.1) is 0 Å². The molecule has 3 aromatic rings. The lowest BCUT2D eigenvalue weighted by molar-refractivity contribution is -0.141. The third-order valence-corrected chi connectivity index (χ3v) is 7.69. The van der Waals surface area contributed by atoms with E-state index in [4.69, 9.17) is 14.2 Å². The number of ether oxygens (including phenoxy) is 3. The topological polar surface area (TPSA) is 113 Å². The average molecular weight is 493 g/mol. The maximum absolute atomic E-state index is 12.5. The summed E-state index contributed by atoms with van der Waals surface area (Å²) < 4.78 is 42.5. The second-order valence-corrected chi connectivity index (χ2v) is 10.1. The Morgan fingerprint density at radius 3 is 2.33 bits per heavy atom. The number of benzene rings is 2. The van der Waals surface area contributed by atoms with Crippen LogP contribution in [0.1, 0.15) is 12.8 Å². The number of rotatable bonds is 9. The van der Waals surface area contributed by atoms with Crippen LogP contribution in [0.4, 0.5) is 0 Å². The van der Waals surface area contributed by atoms with Gasteiger partial charge in [0.2, 0.25) is 5.91 Å². The smallest absolute Gasteiger partial charge is 0.325 e. The monoisotopic (exact) mass is 492 g/mol. The number of carbonyl (C=O) groups is 2. The van der Waals surface area contributed by atoms with Gasteiger partial charge >= 0.3 is 5.97 Å². The SMILES string of the molecule is COC(=O)Cn1c(=NC(=O)CCCS(=O)(=O)c2ccccc2)sc2cc(OC)c(OC)cc21. The van der Waals surface area contributed by atoms with Gasteiger partial charge in [0.25, 0.3) is 0 Å². The van der Waals surface area contributed by atoms with Gasteiger partial charge in [-0.3, -0.25) is 9.59 Å². The first kappa shape index (κ1) is 24.5. The van der Waals surface area contributed by atoms with Gasteiger partial charge in [0.15, 0.2) is 26.1 Å². The van der Waals surface area contributed by atoms with Crippen molar-refractivity contribution < 1.29 is 32.2 Å². The molecule has 0 saturated carbocycles. The standard InChI is InChI=1S/C22H24N2O7S2/c1-29-17-12-16-19(13-18(17)30-2)32-22(24(16)14-21(26)31-3)23-20(25)10-7-11-33(27,28)15-8-5-4-6-9-15/h4-6,8-9,12-13H,7,10-11,14H2,1-3H3. The first-order valence-corrected chi connectivity index (χ1v) is 12.4. The highest BCUT2D eigenvalue weighted by Gasteiger charge is 2.17. The Labute approximate surface area is 195 Å². The molecule has 0 unspecified atom stereocenters. The van der Waals surface area contributed by atoms with E-state index in [1.165, 1.54) is 44.8 Å². The molecular formula is C22H24N2O7S2. The molecule has 33 heavy (non-hydrogen) atoms. The largest absolute Gasteiger partial charge is 0.493 e. The molecular weight excluding hydrogens is 468 g/mol. The number of nitrogens with zero attached hydrogens (tertiary/aromatic N) is 2. The minimum Gasteiger partial charge on any atom is -0.493 e. The lowest BCUT2D eigenvalue weighted by atomic mass is 10.3. The number of hydrogen-bond acceptors (Lipinski definition) is 8. The van der Waals surface area contributed by atoms with Crippen LogP contribution >= 0.6 is 11.3 Å². The molecule has 0 aliphatic rings. The van der Waals surface area contributed by atoms with Gasteiger partial charge in [0, 0.05) is 18.6 Å². The second kappa shape index (κ2) is 10.6. The van der Waals surface area contributed by atoms with Crippen molar-refractivity contribution in [2.24, 2.45) is 4.99 Å². The summed E-state index contributed by atoms with van der Waals surface area (Å²) in [6.45, 7) is -0.152. The second-order valence-electron chi connectivity index (χ2n) is 6.96. The summed E-state index contributed by atoms with van der Waals surface area (Å²) in [6, 6.07) is 11.5. The van der Waals surface area contributed by atoms with Gasteiger partial charge < -0.3 is 18.8 Å². The Balaban J connectivity index is 1.87. The number of sulfone groups is 1. The van der Waals surface area contributed by atoms with Crippen LogP contribution < -0.4 is 14.3 Å². The number of esters is 1. The molecule has 2 aromatic carbocycles. The fourth-order valence-electron chi connectivity index (χ4n) is 3.15. The van der Waals surface area contributed by atoms with Crippen LogP contribution in [0.3, 0.4) is 0 Å². The van der Waals surface area contributed by atoms with Crippen LogP contribution in [0.25, 0.3) is 10.2 Å². The highest BCUT2D eigenvalue weighted by molar-refractivity contribution is 7.91. The van der Waals surface area contributed by atoms with Crippen molar-refractivity contribution in [1.29, 1.82) is 0 Å². The van der Waals surface area contributed by atoms with Gasteiger partial charge in [0.1, 0.15) is 6.54 Å². The van der Waals surface area contributed by atoms with Crippen molar-refractivity contribution in [3.8, 4) is 11.5 Å². The first-order valence-electron chi connectivity index (χ1n) is 9.96. The average Bonchev–Trinajstić information content (AvgIpc) is 3.13. The molecule has 0 bridgehead atoms. The van der Waals surface area contributed by atoms with Crippen LogP contribution in [0.5, 0.6) is 11.5 Å². The molecule has 0 N–H and O–H groups in total. The van der Waals surface area contributed by atoms with Crippen molar-refractivity contribution >= 4 is 43.3 Å². The van der Waals surface area contributed by atoms with Gasteiger partial charge in [-0.1, -0.05) is 29.5 Å². The number of thiazole rings is 1. The summed E-state index contributed by atoms with van der Waals surface area (Å²) in [4.78, 5) is 29.2. The fraction of sp³-hybridized carbons (Fsp3) is 0.318. The van der Waals surface area contributed by atoms with Crippen molar-refractivity contribution in [3.63, 3.8) is 0 Å². The third-order valence-electron chi connectivity index (χ3n) is 4.83. The Bertz CT molecular complexity index is 1330. The van der Waals surface area contributed by atoms with Crippen molar-refractivity contribution in [3.05, 3.63) is 47.3 Å². The molecule has 1 aromatic heterocycles. The quantitative estimate of drug-likeness (QED) is 0.422. The molecule has 0 radical (unpaired) electrons. The maximum Gasteiger partial charge on any atom is 0.325 e. The summed E-state index contributed by atoms with van der Waals surface area (Å²) in [7, 11) is 0.807. The Hall–Kier alpha value is -3.18. The van der Waals surface area contributed by atoms with E-state index in [1.54, 1.807) is 34.9 Å². The molecule has 0 fully saturated rings. The van der Waals surface area contributed by atoms with E-state index in [2.05, 4.69) is 4.99 Å². The number of hydrogen-bond donors (Lipinski definition) is 0. The molecule has 0 atom stereocenters. The van der Waals surface area contributed by atoms with Gasteiger partial charge in [-0.25, -0.2) is 8.42 Å². The van der Waals surface area contributed by atoms with Crippen LogP contribution in [-0.4, -0.2) is 51.9 Å². The molecule has 0 saturated heterocycles. The van der Waals surface area contributed by atoms with Crippen molar-refractivity contribution in [2.75, 3.05) is 27.1 Å². The Morgan fingerprint density at radius 1 is 1.03 bits per heavy atom. The first-order chi connectivity index (χ1) is 15.8. The Kier molecular flexibility index (Phi) is 7.88. The highest BCUT2D eigenvalue weighted by atomic mass is 32.2. The molecule has 3 rings (SSSR count). The van der Waals surface area contributed by atoms with E-state index < -0.39 is 21.7 Å². The zero-order valence-corrected chi connectivity index (χ0v) is 20.1. The maximum atomic E-state index is 12.5. The normalized spacial score (nSPS) is 12.0. The molecule has 9 nitrogen and oxygen atoms in total. The minimum absolute atomic E-state index is 0.0504. The van der Waals surface area contributed by atoms with Crippen LogP contribution in [0.2, 0.25) is 0 Å². The Morgan fingerprint density at radius 2 is 1.70 bits per heavy atom. The number of methoxy groups -OCH3 is 3. The van der Waals surface area contributed by atoms with E-state index in [0.29, 0.717) is 21.8 Å².